The summed E-state index contributed by atoms with van der Waals surface area (Å²) < 4.78 is 23.7. The Morgan fingerprint density at radius 1 is 0.978 bits per heavy atom. The molecule has 0 saturated heterocycles. The average molecular weight is 630 g/mol. The lowest BCUT2D eigenvalue weighted by Crippen LogP contribution is -2.25. The molecule has 2 aliphatic rings. The number of aromatic carboxylic acids is 1. The fourth-order valence-corrected chi connectivity index (χ4v) is 5.45. The van der Waals surface area contributed by atoms with E-state index in [2.05, 4.69) is 9.84 Å². The van der Waals surface area contributed by atoms with Gasteiger partial charge in [-0.1, -0.05) is 12.1 Å². The molecule has 1 atom stereocenters. The maximum absolute atomic E-state index is 13.3. The minimum absolute atomic E-state index is 0.0284. The van der Waals surface area contributed by atoms with Crippen molar-refractivity contribution >= 4 is 36.4 Å². The third kappa shape index (κ3) is 7.07. The van der Waals surface area contributed by atoms with Gasteiger partial charge in [0.25, 0.3) is 5.91 Å². The molecule has 0 bridgehead atoms. The predicted octanol–water partition coefficient (Wildman–Crippen LogP) is 3.81. The van der Waals surface area contributed by atoms with E-state index >= 15 is 0 Å². The van der Waals surface area contributed by atoms with Crippen molar-refractivity contribution in [2.75, 3.05) is 39.6 Å². The second kappa shape index (κ2) is 12.6. The van der Waals surface area contributed by atoms with Crippen LogP contribution in [0.4, 0.5) is 5.69 Å². The lowest BCUT2D eigenvalue weighted by atomic mass is 9.89. The van der Waals surface area contributed by atoms with E-state index in [1.165, 1.54) is 24.3 Å². The number of carboxylic acid groups (broad SMARTS) is 1. The first-order chi connectivity index (χ1) is 21.3. The van der Waals surface area contributed by atoms with Crippen LogP contribution >= 0.6 is 7.82 Å². The highest BCUT2D eigenvalue weighted by Crippen LogP contribution is 2.42. The molecule has 45 heavy (non-hydrogen) atoms. The van der Waals surface area contributed by atoms with E-state index in [-0.39, 0.29) is 29.3 Å². The first-order valence-corrected chi connectivity index (χ1v) is 15.5. The van der Waals surface area contributed by atoms with Gasteiger partial charge in [0.05, 0.1) is 11.6 Å². The Morgan fingerprint density at radius 2 is 1.71 bits per heavy atom. The molecule has 1 amide bonds. The molecule has 1 aliphatic carbocycles. The van der Waals surface area contributed by atoms with Crippen LogP contribution in [0.25, 0.3) is 33.4 Å². The highest BCUT2D eigenvalue weighted by atomic mass is 31.2. The van der Waals surface area contributed by atoms with Crippen LogP contribution in [-0.2, 0) is 11.0 Å². The fourth-order valence-electron chi connectivity index (χ4n) is 5.07. The molecule has 3 aromatic rings. The molecule has 12 heteroatoms. The van der Waals surface area contributed by atoms with Crippen LogP contribution < -0.4 is 29.6 Å². The van der Waals surface area contributed by atoms with Crippen LogP contribution in [0.2, 0.25) is 0 Å². The number of carboxylic acids is 1. The third-order valence-electron chi connectivity index (χ3n) is 7.35. The first-order valence-electron chi connectivity index (χ1n) is 14.0. The first kappa shape index (κ1) is 31.5. The molecular formula is C33H32N3O8P. The predicted molar refractivity (Wildman–Crippen MR) is 170 cm³/mol. The van der Waals surface area contributed by atoms with Crippen molar-refractivity contribution < 1.29 is 38.0 Å². The van der Waals surface area contributed by atoms with Crippen LogP contribution in [0.3, 0.4) is 0 Å². The zero-order valence-electron chi connectivity index (χ0n) is 25.1. The standard InChI is InChI=1S/C33H32N3O8P/c1-35(2)22-8-13-26-29(18-22)43-30-19-23(36(3)4)9-14-27(30)31(26)28-17-21(7-12-25(28)33(38)39)32(37)34-16-15-20-5-10-24(11-6-20)44-45(40,41)42/h5-14,17-19H,15-16H2,1-4H3,(H3-,34,37,38,39,40,41,42). The van der Waals surface area contributed by atoms with E-state index in [4.69, 9.17) is 9.31 Å². The molecule has 0 spiro atoms. The monoisotopic (exact) mass is 629 g/mol. The number of rotatable bonds is 9. The number of hydrogen-bond acceptors (Lipinski definition) is 7. The Kier molecular flexibility index (Phi) is 8.79. The van der Waals surface area contributed by atoms with Crippen molar-refractivity contribution in [3.05, 3.63) is 101 Å². The van der Waals surface area contributed by atoms with Crippen molar-refractivity contribution in [2.45, 2.75) is 6.42 Å². The second-order valence-corrected chi connectivity index (χ2v) is 12.0. The van der Waals surface area contributed by atoms with Gasteiger partial charge in [0.15, 0.2) is 0 Å². The molecule has 0 fully saturated rings. The van der Waals surface area contributed by atoms with E-state index in [0.717, 1.165) is 16.6 Å². The van der Waals surface area contributed by atoms with Crippen LogP contribution in [0.15, 0.2) is 83.3 Å². The molecule has 11 nitrogen and oxygen atoms in total. The normalized spacial score (nSPS) is 12.5. The van der Waals surface area contributed by atoms with Gasteiger partial charge in [0.1, 0.15) is 31.2 Å². The third-order valence-corrected chi connectivity index (χ3v) is 7.79. The summed E-state index contributed by atoms with van der Waals surface area (Å²) in [4.78, 5) is 47.5. The lowest BCUT2D eigenvalue weighted by Gasteiger charge is -2.19. The van der Waals surface area contributed by atoms with E-state index < -0.39 is 13.8 Å². The molecule has 1 aliphatic heterocycles. The van der Waals surface area contributed by atoms with E-state index in [1.807, 2.05) is 74.1 Å². The summed E-state index contributed by atoms with van der Waals surface area (Å²) in [6.45, 7) is 0.256. The number of amides is 1. The molecule has 0 saturated carbocycles. The summed E-state index contributed by atoms with van der Waals surface area (Å²) in [5.74, 6) is -0.978. The Balaban J connectivity index is 1.53. The smallest absolute Gasteiger partial charge is 0.336 e. The Morgan fingerprint density at radius 3 is 2.36 bits per heavy atom. The van der Waals surface area contributed by atoms with Gasteiger partial charge >= 0.3 is 13.8 Å². The van der Waals surface area contributed by atoms with Crippen LogP contribution in [-0.4, -0.2) is 56.6 Å². The van der Waals surface area contributed by atoms with Gasteiger partial charge in [-0.05, 0) is 66.1 Å². The molecule has 3 N–H and O–H groups in total. The second-order valence-electron chi connectivity index (χ2n) is 10.9. The van der Waals surface area contributed by atoms with Crippen molar-refractivity contribution in [2.24, 2.45) is 0 Å². The summed E-state index contributed by atoms with van der Waals surface area (Å²) in [7, 11) is 2.79. The number of anilines is 1. The Labute approximate surface area is 259 Å². The van der Waals surface area contributed by atoms with Crippen molar-refractivity contribution in [3.8, 4) is 28.2 Å². The highest BCUT2D eigenvalue weighted by Gasteiger charge is 2.24. The molecule has 0 radical (unpaired) electrons. The quantitative estimate of drug-likeness (QED) is 0.125. The van der Waals surface area contributed by atoms with Gasteiger partial charge in [0, 0.05) is 60.5 Å². The van der Waals surface area contributed by atoms with Gasteiger partial charge in [-0.15, -0.1) is 0 Å². The largest absolute Gasteiger partial charge is 0.746 e. The summed E-state index contributed by atoms with van der Waals surface area (Å²) >= 11 is 0. The van der Waals surface area contributed by atoms with E-state index in [9.17, 15) is 24.2 Å². The zero-order chi connectivity index (χ0) is 32.5. The molecular weight excluding hydrogens is 597 g/mol. The van der Waals surface area contributed by atoms with Gasteiger partial charge in [-0.3, -0.25) is 9.36 Å². The Hall–Kier alpha value is -4.96. The Bertz CT molecular complexity index is 2010. The number of phosphoric acid groups is 1. The molecule has 232 valence electrons. The summed E-state index contributed by atoms with van der Waals surface area (Å²) in [5, 5.41) is 14.7. The van der Waals surface area contributed by atoms with E-state index in [1.54, 1.807) is 18.2 Å². The van der Waals surface area contributed by atoms with Gasteiger partial charge in [-0.2, -0.15) is 0 Å². The number of carbonyl (C=O) groups excluding carboxylic acids is 1. The molecule has 3 aromatic carbocycles. The fraction of sp³-hybridized carbons (Fsp3) is 0.182. The van der Waals surface area contributed by atoms with Gasteiger partial charge in [-0.25, -0.2) is 9.37 Å². The topological polar surface area (TPSA) is 155 Å². The number of benzene rings is 4. The molecule has 0 aromatic heterocycles. The minimum Gasteiger partial charge on any atom is -0.746 e. The van der Waals surface area contributed by atoms with E-state index in [0.29, 0.717) is 39.8 Å². The summed E-state index contributed by atoms with van der Waals surface area (Å²) in [6, 6.07) is 22.0. The van der Waals surface area contributed by atoms with Crippen molar-refractivity contribution in [1.29, 1.82) is 0 Å². The van der Waals surface area contributed by atoms with Gasteiger partial charge < -0.3 is 34.1 Å². The van der Waals surface area contributed by atoms with Crippen LogP contribution in [0.5, 0.6) is 5.75 Å². The van der Waals surface area contributed by atoms with Crippen molar-refractivity contribution in [3.63, 3.8) is 0 Å². The number of hydrogen-bond donors (Lipinski definition) is 3. The van der Waals surface area contributed by atoms with Gasteiger partial charge in [0.2, 0.25) is 5.36 Å². The lowest BCUT2D eigenvalue weighted by molar-refractivity contribution is -0.211. The molecule has 1 heterocycles. The molecule has 5 rings (SSSR count). The van der Waals surface area contributed by atoms with Crippen molar-refractivity contribution in [1.82, 2.24) is 9.89 Å². The zero-order valence-corrected chi connectivity index (χ0v) is 26.0. The number of nitrogens with zero attached hydrogens (tertiary/aromatic N) is 2. The highest BCUT2D eigenvalue weighted by molar-refractivity contribution is 7.45. The SMILES string of the molecule is CN(C)c1ccc2c(-c3cc(C(=O)NCCc4ccc(OP(=O)([O-])O)cc4)ccc3C(=O)O)c3ccc(=[N+](C)C)cc-3oc2c1. The number of carbonyl (C=O) groups is 2. The molecule has 1 unspecified atom stereocenters. The summed E-state index contributed by atoms with van der Waals surface area (Å²) in [6.07, 6.45) is 0.429. The number of nitrogens with one attached hydrogen (secondary N) is 1. The minimum atomic E-state index is -4.90. The number of phosphoric ester groups is 1. The maximum Gasteiger partial charge on any atom is 0.336 e. The van der Waals surface area contributed by atoms with Crippen LogP contribution in [0.1, 0.15) is 26.3 Å². The number of fused-ring (bicyclic) bond motifs is 2. The maximum atomic E-state index is 13.3. The summed E-state index contributed by atoms with van der Waals surface area (Å²) in [5.41, 5.74) is 4.32. The van der Waals surface area contributed by atoms with Crippen LogP contribution in [0, 0.1) is 0 Å². The average Bonchev–Trinajstić information content (AvgIpc) is 2.98.